The van der Waals surface area contributed by atoms with E-state index in [1.807, 2.05) is 0 Å². The van der Waals surface area contributed by atoms with Gasteiger partial charge in [-0.25, -0.2) is 4.98 Å². The third kappa shape index (κ3) is 3.16. The molecule has 0 fully saturated rings. The summed E-state index contributed by atoms with van der Waals surface area (Å²) in [4.78, 5) is 5.32. The molecule has 2 heterocycles. The molecule has 0 amide bonds. The predicted molar refractivity (Wildman–Crippen MR) is 171 cm³/mol. The summed E-state index contributed by atoms with van der Waals surface area (Å²) in [5, 5.41) is 3.65. The molecule has 41 heavy (non-hydrogen) atoms. The zero-order valence-corrected chi connectivity index (χ0v) is 22.3. The van der Waals surface area contributed by atoms with Crippen molar-refractivity contribution in [2.24, 2.45) is 0 Å². The van der Waals surface area contributed by atoms with Crippen molar-refractivity contribution in [3.8, 4) is 50.3 Å². The molecular weight excluding hydrogens is 496 g/mol. The Morgan fingerprint density at radius 2 is 0.805 bits per heavy atom. The number of rotatable bonds is 1. The van der Waals surface area contributed by atoms with Gasteiger partial charge in [-0.2, -0.15) is 0 Å². The van der Waals surface area contributed by atoms with Gasteiger partial charge in [0.1, 0.15) is 5.82 Å². The van der Waals surface area contributed by atoms with Crippen molar-refractivity contribution in [2.45, 2.75) is 0 Å². The summed E-state index contributed by atoms with van der Waals surface area (Å²) in [5.74, 6) is 0.930. The summed E-state index contributed by atoms with van der Waals surface area (Å²) in [6.07, 6.45) is 0. The lowest BCUT2D eigenvalue weighted by molar-refractivity contribution is 1.10. The van der Waals surface area contributed by atoms with E-state index in [0.29, 0.717) is 0 Å². The molecule has 0 atom stereocenters. The van der Waals surface area contributed by atoms with Crippen LogP contribution in [0.4, 0.5) is 0 Å². The molecule has 1 aliphatic carbocycles. The van der Waals surface area contributed by atoms with Crippen LogP contribution >= 0.6 is 0 Å². The van der Waals surface area contributed by atoms with Crippen LogP contribution in [0.2, 0.25) is 0 Å². The molecule has 0 unspecified atom stereocenters. The van der Waals surface area contributed by atoms with E-state index in [2.05, 4.69) is 150 Å². The van der Waals surface area contributed by atoms with E-state index in [1.165, 1.54) is 66.3 Å². The maximum absolute atomic E-state index is 5.32. The van der Waals surface area contributed by atoms with Gasteiger partial charge in [-0.15, -0.1) is 0 Å². The summed E-state index contributed by atoms with van der Waals surface area (Å²) in [6, 6.07) is 52.5. The quantitative estimate of drug-likeness (QED) is 0.210. The van der Waals surface area contributed by atoms with E-state index >= 15 is 0 Å². The largest absolute Gasteiger partial charge is 0.294 e. The Bertz CT molecular complexity index is 2260. The molecule has 9 rings (SSSR count). The number of aromatic nitrogens is 2. The van der Waals surface area contributed by atoms with Gasteiger partial charge < -0.3 is 0 Å². The number of fused-ring (bicyclic) bond motifs is 13. The topological polar surface area (TPSA) is 17.8 Å². The van der Waals surface area contributed by atoms with Crippen LogP contribution in [0.5, 0.6) is 0 Å². The van der Waals surface area contributed by atoms with Gasteiger partial charge in [0.05, 0.1) is 16.6 Å². The first-order valence-electron chi connectivity index (χ1n) is 14.1. The highest BCUT2D eigenvalue weighted by Crippen LogP contribution is 2.49. The zero-order valence-electron chi connectivity index (χ0n) is 22.3. The van der Waals surface area contributed by atoms with Crippen molar-refractivity contribution >= 4 is 32.7 Å². The fourth-order valence-corrected chi connectivity index (χ4v) is 6.84. The van der Waals surface area contributed by atoms with Gasteiger partial charge in [-0.1, -0.05) is 115 Å². The van der Waals surface area contributed by atoms with Crippen molar-refractivity contribution in [1.29, 1.82) is 0 Å². The summed E-state index contributed by atoms with van der Waals surface area (Å²) in [5.41, 5.74) is 13.3. The normalized spacial score (nSPS) is 11.9. The van der Waals surface area contributed by atoms with Crippen LogP contribution in [-0.4, -0.2) is 9.55 Å². The second-order valence-corrected chi connectivity index (χ2v) is 10.7. The average molecular weight is 521 g/mol. The molecule has 2 heteroatoms. The minimum absolute atomic E-state index is 0.930. The van der Waals surface area contributed by atoms with Crippen LogP contribution in [-0.2, 0) is 0 Å². The smallest absolute Gasteiger partial charge is 0.138 e. The van der Waals surface area contributed by atoms with Gasteiger partial charge in [0.25, 0.3) is 0 Å². The Hall–Kier alpha value is -5.47. The second kappa shape index (κ2) is 8.51. The maximum atomic E-state index is 5.32. The van der Waals surface area contributed by atoms with Crippen molar-refractivity contribution in [2.75, 3.05) is 0 Å². The molecule has 2 nitrogen and oxygen atoms in total. The van der Waals surface area contributed by atoms with Crippen LogP contribution < -0.4 is 0 Å². The van der Waals surface area contributed by atoms with Gasteiger partial charge in [0, 0.05) is 16.2 Å². The lowest BCUT2D eigenvalue weighted by Crippen LogP contribution is -2.00. The molecule has 0 N–H and O–H groups in total. The SMILES string of the molecule is c1ccc2c(c1)-c1ccccc1-c1ccc3nc(-n4c5ccccc5c5ccccc54)ccc3c1-c1ccccc1-2. The zero-order chi connectivity index (χ0) is 26.9. The van der Waals surface area contributed by atoms with E-state index in [9.17, 15) is 0 Å². The molecule has 190 valence electrons. The highest BCUT2D eigenvalue weighted by atomic mass is 15.1. The van der Waals surface area contributed by atoms with E-state index < -0.39 is 0 Å². The van der Waals surface area contributed by atoms with Crippen molar-refractivity contribution in [1.82, 2.24) is 9.55 Å². The number of pyridine rings is 1. The molecule has 0 saturated carbocycles. The predicted octanol–water partition coefficient (Wildman–Crippen LogP) is 10.3. The number of hydrogen-bond donors (Lipinski definition) is 0. The second-order valence-electron chi connectivity index (χ2n) is 10.7. The van der Waals surface area contributed by atoms with E-state index in [1.54, 1.807) is 0 Å². The highest BCUT2D eigenvalue weighted by Gasteiger charge is 2.23. The summed E-state index contributed by atoms with van der Waals surface area (Å²) in [6.45, 7) is 0. The fraction of sp³-hybridized carbons (Fsp3) is 0. The number of nitrogens with zero attached hydrogens (tertiary/aromatic N) is 2. The van der Waals surface area contributed by atoms with Crippen LogP contribution in [0.1, 0.15) is 0 Å². The van der Waals surface area contributed by atoms with Gasteiger partial charge in [-0.05, 0) is 74.8 Å². The lowest BCUT2D eigenvalue weighted by Gasteiger charge is -2.24. The highest BCUT2D eigenvalue weighted by molar-refractivity contribution is 6.12. The molecular formula is C39H24N2. The Kier molecular flexibility index (Phi) is 4.64. The van der Waals surface area contributed by atoms with E-state index in [-0.39, 0.29) is 0 Å². The standard InChI is InChI=1S/C39H24N2/c1-2-12-26-25(11-1)27-13-3-4-15-29(27)33-21-23-35-34(39(33)32-18-6-5-14-28(26)32)22-24-38(40-35)41-36-19-9-7-16-30(36)31-17-8-10-20-37(31)41/h1-24H. The van der Waals surface area contributed by atoms with Crippen molar-refractivity contribution < 1.29 is 0 Å². The fourth-order valence-electron chi connectivity index (χ4n) is 6.84. The molecule has 2 aromatic heterocycles. The molecule has 0 saturated heterocycles. The van der Waals surface area contributed by atoms with E-state index in [4.69, 9.17) is 4.98 Å². The van der Waals surface area contributed by atoms with Crippen molar-refractivity contribution in [3.05, 3.63) is 146 Å². The third-order valence-electron chi connectivity index (χ3n) is 8.59. The van der Waals surface area contributed by atoms with E-state index in [0.717, 1.165) is 16.7 Å². The lowest BCUT2D eigenvalue weighted by atomic mass is 9.80. The molecule has 8 aromatic rings. The minimum Gasteiger partial charge on any atom is -0.294 e. The minimum atomic E-state index is 0.930. The summed E-state index contributed by atoms with van der Waals surface area (Å²) in [7, 11) is 0. The van der Waals surface area contributed by atoms with Crippen LogP contribution in [0, 0.1) is 0 Å². The number of para-hydroxylation sites is 2. The number of benzene rings is 6. The third-order valence-corrected chi connectivity index (χ3v) is 8.59. The summed E-state index contributed by atoms with van der Waals surface area (Å²) < 4.78 is 2.29. The Morgan fingerprint density at radius 1 is 0.341 bits per heavy atom. The first kappa shape index (κ1) is 22.4. The van der Waals surface area contributed by atoms with Crippen LogP contribution in [0.3, 0.4) is 0 Å². The summed E-state index contributed by atoms with van der Waals surface area (Å²) >= 11 is 0. The van der Waals surface area contributed by atoms with Crippen LogP contribution in [0.25, 0.3) is 83.0 Å². The maximum Gasteiger partial charge on any atom is 0.138 e. The van der Waals surface area contributed by atoms with Gasteiger partial charge >= 0.3 is 0 Å². The van der Waals surface area contributed by atoms with Crippen LogP contribution in [0.15, 0.2) is 146 Å². The Morgan fingerprint density at radius 3 is 1.39 bits per heavy atom. The van der Waals surface area contributed by atoms with Gasteiger partial charge in [-0.3, -0.25) is 4.57 Å². The monoisotopic (exact) mass is 520 g/mol. The number of hydrogen-bond acceptors (Lipinski definition) is 1. The first-order valence-corrected chi connectivity index (χ1v) is 14.1. The molecule has 6 aromatic carbocycles. The van der Waals surface area contributed by atoms with Gasteiger partial charge in [0.2, 0.25) is 0 Å². The molecule has 0 radical (unpaired) electrons. The average Bonchev–Trinajstić information content (AvgIpc) is 3.38. The molecule has 0 spiro atoms. The Balaban J connectivity index is 1.37. The Labute approximate surface area is 237 Å². The molecule has 0 aliphatic heterocycles. The first-order chi connectivity index (χ1) is 20.4. The van der Waals surface area contributed by atoms with Gasteiger partial charge in [0.15, 0.2) is 0 Å². The van der Waals surface area contributed by atoms with Crippen molar-refractivity contribution in [3.63, 3.8) is 0 Å². The molecule has 1 aliphatic rings. The molecule has 0 bridgehead atoms.